The van der Waals surface area contributed by atoms with Gasteiger partial charge in [-0.25, -0.2) is 0 Å². The second-order valence-corrected chi connectivity index (χ2v) is 3.56. The molecule has 1 heterocycles. The third kappa shape index (κ3) is 1.46. The van der Waals surface area contributed by atoms with E-state index in [0.29, 0.717) is 17.2 Å². The number of fused-ring (bicyclic) bond motifs is 1. The second-order valence-electron chi connectivity index (χ2n) is 3.56. The van der Waals surface area contributed by atoms with E-state index >= 15 is 0 Å². The summed E-state index contributed by atoms with van der Waals surface area (Å²) < 4.78 is 16.0. The standard InChI is InChI=1S/C12H15NO3/c1-7-5-8-9(13-7)6-10(14-2)12(16-4)11(8)15-3/h5-6,13H,1-4H3. The molecule has 0 bridgehead atoms. The van der Waals surface area contributed by atoms with E-state index in [0.717, 1.165) is 16.6 Å². The van der Waals surface area contributed by atoms with Crippen LogP contribution in [0.15, 0.2) is 12.1 Å². The first kappa shape index (κ1) is 10.7. The summed E-state index contributed by atoms with van der Waals surface area (Å²) in [5, 5.41) is 0.998. The van der Waals surface area contributed by atoms with Crippen molar-refractivity contribution in [1.29, 1.82) is 0 Å². The fraction of sp³-hybridized carbons (Fsp3) is 0.333. The van der Waals surface area contributed by atoms with Crippen LogP contribution in [-0.4, -0.2) is 26.3 Å². The van der Waals surface area contributed by atoms with Gasteiger partial charge in [-0.3, -0.25) is 0 Å². The maximum Gasteiger partial charge on any atom is 0.204 e. The van der Waals surface area contributed by atoms with Gasteiger partial charge in [-0.2, -0.15) is 0 Å². The fourth-order valence-electron chi connectivity index (χ4n) is 1.89. The van der Waals surface area contributed by atoms with Gasteiger partial charge in [0.1, 0.15) is 0 Å². The molecule has 2 aromatic rings. The third-order valence-corrected chi connectivity index (χ3v) is 2.56. The van der Waals surface area contributed by atoms with E-state index < -0.39 is 0 Å². The van der Waals surface area contributed by atoms with Gasteiger partial charge in [-0.15, -0.1) is 0 Å². The first-order chi connectivity index (χ1) is 7.71. The zero-order valence-corrected chi connectivity index (χ0v) is 9.88. The van der Waals surface area contributed by atoms with Gasteiger partial charge in [0, 0.05) is 17.1 Å². The van der Waals surface area contributed by atoms with Crippen LogP contribution < -0.4 is 14.2 Å². The number of aromatic nitrogens is 1. The number of rotatable bonds is 3. The summed E-state index contributed by atoms with van der Waals surface area (Å²) in [4.78, 5) is 3.24. The highest BCUT2D eigenvalue weighted by Gasteiger charge is 2.16. The van der Waals surface area contributed by atoms with Gasteiger partial charge in [0.2, 0.25) is 5.75 Å². The largest absolute Gasteiger partial charge is 0.493 e. The lowest BCUT2D eigenvalue weighted by Crippen LogP contribution is -1.95. The molecular weight excluding hydrogens is 206 g/mol. The first-order valence-corrected chi connectivity index (χ1v) is 4.99. The molecule has 0 atom stereocenters. The first-order valence-electron chi connectivity index (χ1n) is 4.99. The average molecular weight is 221 g/mol. The predicted octanol–water partition coefficient (Wildman–Crippen LogP) is 2.50. The van der Waals surface area contributed by atoms with Gasteiger partial charge in [0.05, 0.1) is 26.8 Å². The molecule has 16 heavy (non-hydrogen) atoms. The Bertz CT molecular complexity index is 516. The van der Waals surface area contributed by atoms with Crippen molar-refractivity contribution in [1.82, 2.24) is 4.98 Å². The minimum absolute atomic E-state index is 0.622. The Balaban J connectivity index is 2.81. The molecular formula is C12H15NO3. The molecule has 1 aromatic carbocycles. The van der Waals surface area contributed by atoms with Crippen molar-refractivity contribution >= 4 is 10.9 Å². The highest BCUT2D eigenvalue weighted by molar-refractivity contribution is 5.91. The molecule has 0 aliphatic carbocycles. The Morgan fingerprint density at radius 3 is 2.19 bits per heavy atom. The van der Waals surface area contributed by atoms with Crippen LogP contribution in [0, 0.1) is 6.92 Å². The quantitative estimate of drug-likeness (QED) is 0.866. The predicted molar refractivity (Wildman–Crippen MR) is 62.7 cm³/mol. The summed E-state index contributed by atoms with van der Waals surface area (Å²) in [5.41, 5.74) is 2.05. The summed E-state index contributed by atoms with van der Waals surface area (Å²) in [6.07, 6.45) is 0. The van der Waals surface area contributed by atoms with Crippen LogP contribution in [0.2, 0.25) is 0 Å². The number of hydrogen-bond donors (Lipinski definition) is 1. The number of aryl methyl sites for hydroxylation is 1. The fourth-order valence-corrected chi connectivity index (χ4v) is 1.89. The lowest BCUT2D eigenvalue weighted by Gasteiger charge is -2.12. The van der Waals surface area contributed by atoms with Crippen LogP contribution in [0.25, 0.3) is 10.9 Å². The Labute approximate surface area is 94.1 Å². The van der Waals surface area contributed by atoms with Crippen molar-refractivity contribution in [2.75, 3.05) is 21.3 Å². The number of hydrogen-bond acceptors (Lipinski definition) is 3. The molecule has 2 rings (SSSR count). The van der Waals surface area contributed by atoms with Gasteiger partial charge in [0.25, 0.3) is 0 Å². The molecule has 0 amide bonds. The molecule has 0 saturated heterocycles. The van der Waals surface area contributed by atoms with E-state index in [1.165, 1.54) is 0 Å². The molecule has 1 N–H and O–H groups in total. The molecule has 0 unspecified atom stereocenters. The van der Waals surface area contributed by atoms with E-state index in [1.54, 1.807) is 21.3 Å². The summed E-state index contributed by atoms with van der Waals surface area (Å²) in [5.74, 6) is 1.98. The molecule has 4 heteroatoms. The summed E-state index contributed by atoms with van der Waals surface area (Å²) in [7, 11) is 4.84. The van der Waals surface area contributed by atoms with Crippen molar-refractivity contribution in [3.63, 3.8) is 0 Å². The normalized spacial score (nSPS) is 10.5. The van der Waals surface area contributed by atoms with Gasteiger partial charge in [0.15, 0.2) is 11.5 Å². The van der Waals surface area contributed by atoms with Crippen molar-refractivity contribution in [3.8, 4) is 17.2 Å². The Hall–Kier alpha value is -1.84. The van der Waals surface area contributed by atoms with Crippen LogP contribution in [0.4, 0.5) is 0 Å². The maximum atomic E-state index is 5.38. The molecule has 1 aromatic heterocycles. The van der Waals surface area contributed by atoms with E-state index in [4.69, 9.17) is 14.2 Å². The molecule has 4 nitrogen and oxygen atoms in total. The topological polar surface area (TPSA) is 43.5 Å². The van der Waals surface area contributed by atoms with E-state index in [2.05, 4.69) is 4.98 Å². The Morgan fingerprint density at radius 2 is 1.62 bits per heavy atom. The molecule has 0 fully saturated rings. The SMILES string of the molecule is COc1cc2[nH]c(C)cc2c(OC)c1OC. The number of H-pyrrole nitrogens is 1. The number of nitrogens with one attached hydrogen (secondary N) is 1. The average Bonchev–Trinajstić information content (AvgIpc) is 2.66. The van der Waals surface area contributed by atoms with Crippen molar-refractivity contribution < 1.29 is 14.2 Å². The highest BCUT2D eigenvalue weighted by atomic mass is 16.5. The van der Waals surface area contributed by atoms with Crippen LogP contribution >= 0.6 is 0 Å². The van der Waals surface area contributed by atoms with Crippen molar-refractivity contribution in [2.45, 2.75) is 6.92 Å². The zero-order valence-electron chi connectivity index (χ0n) is 9.88. The lowest BCUT2D eigenvalue weighted by atomic mass is 10.2. The monoisotopic (exact) mass is 221 g/mol. The number of ether oxygens (including phenoxy) is 3. The maximum absolute atomic E-state index is 5.38. The van der Waals surface area contributed by atoms with E-state index in [1.807, 2.05) is 19.1 Å². The minimum atomic E-state index is 0.622. The summed E-state index contributed by atoms with van der Waals surface area (Å²) >= 11 is 0. The van der Waals surface area contributed by atoms with Gasteiger partial charge in [-0.1, -0.05) is 0 Å². The van der Waals surface area contributed by atoms with Gasteiger partial charge >= 0.3 is 0 Å². The smallest absolute Gasteiger partial charge is 0.204 e. The Kier molecular flexibility index (Phi) is 2.64. The lowest BCUT2D eigenvalue weighted by molar-refractivity contribution is 0.327. The molecule has 0 aliphatic rings. The third-order valence-electron chi connectivity index (χ3n) is 2.56. The molecule has 86 valence electrons. The zero-order chi connectivity index (χ0) is 11.7. The van der Waals surface area contributed by atoms with Crippen LogP contribution in [-0.2, 0) is 0 Å². The summed E-state index contributed by atoms with van der Waals surface area (Å²) in [6, 6.07) is 3.93. The summed E-state index contributed by atoms with van der Waals surface area (Å²) in [6.45, 7) is 2.00. The minimum Gasteiger partial charge on any atom is -0.493 e. The molecule has 0 radical (unpaired) electrons. The van der Waals surface area contributed by atoms with E-state index in [9.17, 15) is 0 Å². The number of benzene rings is 1. The molecule has 0 aliphatic heterocycles. The van der Waals surface area contributed by atoms with Crippen molar-refractivity contribution in [2.24, 2.45) is 0 Å². The van der Waals surface area contributed by atoms with E-state index in [-0.39, 0.29) is 0 Å². The Morgan fingerprint density at radius 1 is 0.938 bits per heavy atom. The van der Waals surface area contributed by atoms with Crippen LogP contribution in [0.5, 0.6) is 17.2 Å². The molecule has 0 spiro atoms. The van der Waals surface area contributed by atoms with Gasteiger partial charge < -0.3 is 19.2 Å². The number of aromatic amines is 1. The van der Waals surface area contributed by atoms with Crippen LogP contribution in [0.1, 0.15) is 5.69 Å². The van der Waals surface area contributed by atoms with Gasteiger partial charge in [-0.05, 0) is 13.0 Å². The van der Waals surface area contributed by atoms with Crippen LogP contribution in [0.3, 0.4) is 0 Å². The number of methoxy groups -OCH3 is 3. The van der Waals surface area contributed by atoms with Crippen molar-refractivity contribution in [3.05, 3.63) is 17.8 Å². The molecule has 0 saturated carbocycles. The highest BCUT2D eigenvalue weighted by Crippen LogP contribution is 2.43. The second kappa shape index (κ2) is 3.96.